The van der Waals surface area contributed by atoms with Crippen LogP contribution in [0.25, 0.3) is 0 Å². The van der Waals surface area contributed by atoms with E-state index < -0.39 is 0 Å². The van der Waals surface area contributed by atoms with Gasteiger partial charge in [0.1, 0.15) is 5.75 Å². The first-order valence-electron chi connectivity index (χ1n) is 6.91. The number of phenolic OH excluding ortho intramolecular Hbond substituents is 1. The first kappa shape index (κ1) is 13.4. The molecule has 3 heteroatoms. The van der Waals surface area contributed by atoms with Crippen LogP contribution in [0.5, 0.6) is 5.75 Å². The van der Waals surface area contributed by atoms with Gasteiger partial charge >= 0.3 is 0 Å². The van der Waals surface area contributed by atoms with Gasteiger partial charge in [0.25, 0.3) is 0 Å². The maximum atomic E-state index is 9.80. The summed E-state index contributed by atoms with van der Waals surface area (Å²) in [6.45, 7) is 9.86. The van der Waals surface area contributed by atoms with Gasteiger partial charge in [-0.05, 0) is 29.5 Å². The van der Waals surface area contributed by atoms with Crippen LogP contribution in [-0.4, -0.2) is 42.7 Å². The standard InChI is InChI=1S/C15H24N2O/c1-12(2)14-11-13(3-4-15(14)18)5-8-17-9-6-16-7-10-17/h3-4,11-12,16,18H,5-10H2,1-2H3. The monoisotopic (exact) mass is 248 g/mol. The lowest BCUT2D eigenvalue weighted by Crippen LogP contribution is -2.44. The molecule has 0 radical (unpaired) electrons. The van der Waals surface area contributed by atoms with Crippen LogP contribution in [0, 0.1) is 0 Å². The molecule has 100 valence electrons. The molecule has 1 aromatic carbocycles. The molecule has 0 atom stereocenters. The SMILES string of the molecule is CC(C)c1cc(CCN2CCNCC2)ccc1O. The molecule has 1 aliphatic heterocycles. The van der Waals surface area contributed by atoms with Crippen LogP contribution in [0.1, 0.15) is 30.9 Å². The normalized spacial score (nSPS) is 17.3. The maximum Gasteiger partial charge on any atom is 0.119 e. The van der Waals surface area contributed by atoms with Gasteiger partial charge in [-0.2, -0.15) is 0 Å². The molecule has 1 heterocycles. The van der Waals surface area contributed by atoms with Gasteiger partial charge in [0.2, 0.25) is 0 Å². The van der Waals surface area contributed by atoms with Gasteiger partial charge in [0.05, 0.1) is 0 Å². The van der Waals surface area contributed by atoms with E-state index >= 15 is 0 Å². The molecular formula is C15H24N2O. The molecular weight excluding hydrogens is 224 g/mol. The highest BCUT2D eigenvalue weighted by atomic mass is 16.3. The fraction of sp³-hybridized carbons (Fsp3) is 0.600. The highest BCUT2D eigenvalue weighted by molar-refractivity contribution is 5.38. The molecule has 1 fully saturated rings. The van der Waals surface area contributed by atoms with E-state index in [0.29, 0.717) is 11.7 Å². The summed E-state index contributed by atoms with van der Waals surface area (Å²) in [6, 6.07) is 6.04. The van der Waals surface area contributed by atoms with Crippen LogP contribution in [0.15, 0.2) is 18.2 Å². The topological polar surface area (TPSA) is 35.5 Å². The average Bonchev–Trinajstić information content (AvgIpc) is 2.38. The minimum absolute atomic E-state index is 0.379. The number of hydrogen-bond donors (Lipinski definition) is 2. The van der Waals surface area contributed by atoms with Crippen molar-refractivity contribution in [1.29, 1.82) is 0 Å². The minimum atomic E-state index is 0.379. The van der Waals surface area contributed by atoms with Crippen LogP contribution in [0.4, 0.5) is 0 Å². The lowest BCUT2D eigenvalue weighted by molar-refractivity contribution is 0.244. The van der Waals surface area contributed by atoms with Crippen molar-refractivity contribution in [3.05, 3.63) is 29.3 Å². The number of nitrogens with one attached hydrogen (secondary N) is 1. The van der Waals surface area contributed by atoms with E-state index in [-0.39, 0.29) is 0 Å². The van der Waals surface area contributed by atoms with E-state index in [9.17, 15) is 5.11 Å². The second-order valence-electron chi connectivity index (χ2n) is 5.39. The smallest absolute Gasteiger partial charge is 0.119 e. The Morgan fingerprint density at radius 3 is 2.67 bits per heavy atom. The van der Waals surface area contributed by atoms with Crippen LogP contribution in [-0.2, 0) is 6.42 Å². The molecule has 18 heavy (non-hydrogen) atoms. The van der Waals surface area contributed by atoms with Gasteiger partial charge in [-0.1, -0.05) is 26.0 Å². The summed E-state index contributed by atoms with van der Waals surface area (Å²) in [7, 11) is 0. The Morgan fingerprint density at radius 2 is 2.00 bits per heavy atom. The zero-order valence-electron chi connectivity index (χ0n) is 11.4. The first-order chi connectivity index (χ1) is 8.66. The molecule has 1 aromatic rings. The average molecular weight is 248 g/mol. The fourth-order valence-corrected chi connectivity index (χ4v) is 2.44. The fourth-order valence-electron chi connectivity index (χ4n) is 2.44. The van der Waals surface area contributed by atoms with Gasteiger partial charge in [0.15, 0.2) is 0 Å². The third-order valence-electron chi connectivity index (χ3n) is 3.64. The largest absolute Gasteiger partial charge is 0.508 e. The molecule has 0 saturated carbocycles. The Bertz CT molecular complexity index is 384. The van der Waals surface area contributed by atoms with Gasteiger partial charge in [-0.15, -0.1) is 0 Å². The second-order valence-corrected chi connectivity index (χ2v) is 5.39. The Labute approximate surface area is 110 Å². The Hall–Kier alpha value is -1.06. The van der Waals surface area contributed by atoms with Crippen molar-refractivity contribution >= 4 is 0 Å². The number of nitrogens with zero attached hydrogens (tertiary/aromatic N) is 1. The summed E-state index contributed by atoms with van der Waals surface area (Å²) in [5.74, 6) is 0.806. The van der Waals surface area contributed by atoms with Crippen molar-refractivity contribution in [3.8, 4) is 5.75 Å². The van der Waals surface area contributed by atoms with E-state index in [2.05, 4.69) is 30.1 Å². The molecule has 2 N–H and O–H groups in total. The highest BCUT2D eigenvalue weighted by Crippen LogP contribution is 2.26. The molecule has 2 rings (SSSR count). The third-order valence-corrected chi connectivity index (χ3v) is 3.64. The molecule has 0 spiro atoms. The highest BCUT2D eigenvalue weighted by Gasteiger charge is 2.10. The van der Waals surface area contributed by atoms with Crippen LogP contribution in [0.2, 0.25) is 0 Å². The number of phenols is 1. The lowest BCUT2D eigenvalue weighted by Gasteiger charge is -2.27. The van der Waals surface area contributed by atoms with Gasteiger partial charge < -0.3 is 15.3 Å². The van der Waals surface area contributed by atoms with Crippen molar-refractivity contribution in [2.45, 2.75) is 26.2 Å². The minimum Gasteiger partial charge on any atom is -0.508 e. The first-order valence-corrected chi connectivity index (χ1v) is 6.91. The van der Waals surface area contributed by atoms with Crippen molar-refractivity contribution < 1.29 is 5.11 Å². The summed E-state index contributed by atoms with van der Waals surface area (Å²) in [6.07, 6.45) is 1.07. The zero-order valence-corrected chi connectivity index (χ0v) is 11.4. The molecule has 0 amide bonds. The maximum absolute atomic E-state index is 9.80. The predicted octanol–water partition coefficient (Wildman–Crippen LogP) is 1.96. The Morgan fingerprint density at radius 1 is 1.28 bits per heavy atom. The van der Waals surface area contributed by atoms with Gasteiger partial charge in [0, 0.05) is 32.7 Å². The van der Waals surface area contributed by atoms with Gasteiger partial charge in [-0.3, -0.25) is 0 Å². The summed E-state index contributed by atoms with van der Waals surface area (Å²) >= 11 is 0. The van der Waals surface area contributed by atoms with Crippen LogP contribution < -0.4 is 5.32 Å². The van der Waals surface area contributed by atoms with E-state index in [1.165, 1.54) is 5.56 Å². The van der Waals surface area contributed by atoms with Crippen molar-refractivity contribution in [1.82, 2.24) is 10.2 Å². The predicted molar refractivity (Wildman–Crippen MR) is 75.2 cm³/mol. The van der Waals surface area contributed by atoms with Crippen molar-refractivity contribution in [3.63, 3.8) is 0 Å². The summed E-state index contributed by atoms with van der Waals surface area (Å²) in [5, 5.41) is 13.2. The van der Waals surface area contributed by atoms with E-state index in [1.807, 2.05) is 12.1 Å². The number of rotatable bonds is 4. The molecule has 0 aliphatic carbocycles. The van der Waals surface area contributed by atoms with Crippen LogP contribution >= 0.6 is 0 Å². The number of aromatic hydroxyl groups is 1. The molecule has 0 unspecified atom stereocenters. The van der Waals surface area contributed by atoms with Crippen molar-refractivity contribution in [2.75, 3.05) is 32.7 Å². The second kappa shape index (κ2) is 6.21. The molecule has 0 aromatic heterocycles. The molecule has 3 nitrogen and oxygen atoms in total. The number of benzene rings is 1. The summed E-state index contributed by atoms with van der Waals surface area (Å²) in [4.78, 5) is 2.50. The molecule has 1 aliphatic rings. The van der Waals surface area contributed by atoms with Crippen LogP contribution in [0.3, 0.4) is 0 Å². The lowest BCUT2D eigenvalue weighted by atomic mass is 9.98. The van der Waals surface area contributed by atoms with E-state index in [1.54, 1.807) is 0 Å². The van der Waals surface area contributed by atoms with E-state index in [4.69, 9.17) is 0 Å². The summed E-state index contributed by atoms with van der Waals surface area (Å²) in [5.41, 5.74) is 2.39. The Balaban J connectivity index is 1.94. The quantitative estimate of drug-likeness (QED) is 0.855. The molecule has 1 saturated heterocycles. The Kier molecular flexibility index (Phi) is 4.61. The number of hydrogen-bond acceptors (Lipinski definition) is 3. The summed E-state index contributed by atoms with van der Waals surface area (Å²) < 4.78 is 0. The van der Waals surface area contributed by atoms with Gasteiger partial charge in [-0.25, -0.2) is 0 Å². The third kappa shape index (κ3) is 3.47. The number of piperazine rings is 1. The zero-order chi connectivity index (χ0) is 13.0. The van der Waals surface area contributed by atoms with E-state index in [0.717, 1.165) is 44.7 Å². The van der Waals surface area contributed by atoms with Crippen molar-refractivity contribution in [2.24, 2.45) is 0 Å². The molecule has 0 bridgehead atoms.